The Kier molecular flexibility index (Phi) is 3.51. The summed E-state index contributed by atoms with van der Waals surface area (Å²) in [6.45, 7) is 0.833. The normalized spacial score (nSPS) is 20.2. The third kappa shape index (κ3) is 2.12. The molecule has 2 heterocycles. The van der Waals surface area contributed by atoms with Crippen LogP contribution in [-0.2, 0) is 6.42 Å². The molecule has 0 bridgehead atoms. The van der Waals surface area contributed by atoms with Gasteiger partial charge in [-0.05, 0) is 11.6 Å². The Hall–Kier alpha value is -1.41. The molecule has 1 aromatic rings. The van der Waals surface area contributed by atoms with E-state index in [1.165, 1.54) is 5.56 Å². The van der Waals surface area contributed by atoms with Crippen molar-refractivity contribution < 1.29 is 9.47 Å². The van der Waals surface area contributed by atoms with Gasteiger partial charge < -0.3 is 14.4 Å². The fourth-order valence-electron chi connectivity index (χ4n) is 2.61. The second kappa shape index (κ2) is 5.17. The van der Waals surface area contributed by atoms with E-state index in [-0.39, 0.29) is 5.50 Å². The molecule has 0 aliphatic carbocycles. The van der Waals surface area contributed by atoms with E-state index in [1.807, 2.05) is 12.1 Å². The average Bonchev–Trinajstić information content (AvgIpc) is 2.45. The third-order valence-electron chi connectivity index (χ3n) is 3.59. The first-order chi connectivity index (χ1) is 9.63. The minimum atomic E-state index is -0.236. The van der Waals surface area contributed by atoms with Crippen LogP contribution in [0.5, 0.6) is 11.5 Å². The first-order valence-electron chi connectivity index (χ1n) is 6.31. The highest BCUT2D eigenvalue weighted by Gasteiger charge is 2.36. The molecule has 2 aliphatic rings. The lowest BCUT2D eigenvalue weighted by Gasteiger charge is -2.31. The first-order valence-corrected chi connectivity index (χ1v) is 7.12. The van der Waals surface area contributed by atoms with E-state index in [0.29, 0.717) is 10.8 Å². The van der Waals surface area contributed by atoms with E-state index in [1.54, 1.807) is 20.3 Å². The SMILES string of the molecule is COc1cc2c(cc1OC)C1=[C+]C(Cl)=CC(Cl)N1CC2. The van der Waals surface area contributed by atoms with Crippen molar-refractivity contribution in [1.29, 1.82) is 0 Å². The average molecular weight is 311 g/mol. The number of methoxy groups -OCH3 is 2. The molecule has 0 saturated heterocycles. The van der Waals surface area contributed by atoms with Crippen LogP contribution in [0.25, 0.3) is 5.70 Å². The van der Waals surface area contributed by atoms with Gasteiger partial charge in [-0.15, -0.1) is 0 Å². The number of fused-ring (bicyclic) bond motifs is 3. The van der Waals surface area contributed by atoms with Gasteiger partial charge in [0.1, 0.15) is 5.56 Å². The Bertz CT molecular complexity index is 610. The lowest BCUT2D eigenvalue weighted by molar-refractivity contribution is 0.351. The quantitative estimate of drug-likeness (QED) is 0.475. The smallest absolute Gasteiger partial charge is 0.216 e. The van der Waals surface area contributed by atoms with Crippen molar-refractivity contribution >= 4 is 28.9 Å². The lowest BCUT2D eigenvalue weighted by Crippen LogP contribution is -2.36. The highest BCUT2D eigenvalue weighted by atomic mass is 35.5. The van der Waals surface area contributed by atoms with Crippen molar-refractivity contribution in [2.75, 3.05) is 20.8 Å². The summed E-state index contributed by atoms with van der Waals surface area (Å²) in [7, 11) is 3.26. The van der Waals surface area contributed by atoms with Crippen LogP contribution in [-0.4, -0.2) is 31.2 Å². The standard InChI is InChI=1S/C15H14Cl2NO2/c1-19-13-5-9-3-4-18-12(6-10(16)7-15(18)17)11(9)8-14(13)20-2/h5,7-8,15H,3-4H2,1-2H3/q+1. The fraction of sp³-hybridized carbons (Fsp3) is 0.333. The topological polar surface area (TPSA) is 21.7 Å². The zero-order valence-electron chi connectivity index (χ0n) is 11.2. The molecule has 0 radical (unpaired) electrons. The summed E-state index contributed by atoms with van der Waals surface area (Å²) in [4.78, 5) is 2.09. The van der Waals surface area contributed by atoms with Crippen LogP contribution in [0.2, 0.25) is 0 Å². The third-order valence-corrected chi connectivity index (χ3v) is 4.18. The van der Waals surface area contributed by atoms with Crippen LogP contribution in [0.3, 0.4) is 0 Å². The van der Waals surface area contributed by atoms with Crippen LogP contribution in [0.1, 0.15) is 11.1 Å². The number of benzene rings is 1. The molecule has 2 aliphatic heterocycles. The summed E-state index contributed by atoms with van der Waals surface area (Å²) >= 11 is 12.4. The highest BCUT2D eigenvalue weighted by Crippen LogP contribution is 2.40. The number of rotatable bonds is 2. The number of nitrogens with zero attached hydrogens (tertiary/aromatic N) is 1. The Morgan fingerprint density at radius 3 is 2.65 bits per heavy atom. The van der Waals surface area contributed by atoms with Gasteiger partial charge in [-0.25, -0.2) is 0 Å². The first kappa shape index (κ1) is 13.6. The zero-order valence-corrected chi connectivity index (χ0v) is 12.8. The Labute approximate surface area is 128 Å². The summed E-state index contributed by atoms with van der Waals surface area (Å²) in [5.74, 6) is 1.43. The summed E-state index contributed by atoms with van der Waals surface area (Å²) in [6.07, 6.45) is 5.87. The van der Waals surface area contributed by atoms with Crippen molar-refractivity contribution in [3.05, 3.63) is 40.4 Å². The molecule has 3 rings (SSSR count). The number of alkyl halides is 1. The molecule has 0 amide bonds. The van der Waals surface area contributed by atoms with E-state index < -0.39 is 0 Å². The minimum absolute atomic E-state index is 0.236. The summed E-state index contributed by atoms with van der Waals surface area (Å²) in [5.41, 5.74) is 2.92. The second-order valence-electron chi connectivity index (χ2n) is 4.67. The molecule has 0 spiro atoms. The maximum absolute atomic E-state index is 6.33. The monoisotopic (exact) mass is 310 g/mol. The maximum atomic E-state index is 6.33. The molecule has 1 aromatic carbocycles. The van der Waals surface area contributed by atoms with Gasteiger partial charge in [-0.1, -0.05) is 11.6 Å². The van der Waals surface area contributed by atoms with Crippen LogP contribution >= 0.6 is 23.2 Å². The molecule has 0 saturated carbocycles. The number of halogens is 2. The number of hydrogen-bond acceptors (Lipinski definition) is 3. The summed E-state index contributed by atoms with van der Waals surface area (Å²) in [5, 5.41) is 0.541. The van der Waals surface area contributed by atoms with Gasteiger partial charge in [0.15, 0.2) is 17.0 Å². The zero-order chi connectivity index (χ0) is 14.3. The largest absolute Gasteiger partial charge is 0.493 e. The van der Waals surface area contributed by atoms with Crippen molar-refractivity contribution in [2.24, 2.45) is 0 Å². The summed E-state index contributed by atoms with van der Waals surface area (Å²) < 4.78 is 10.7. The molecule has 5 heteroatoms. The van der Waals surface area contributed by atoms with Gasteiger partial charge in [0.25, 0.3) is 0 Å². The minimum Gasteiger partial charge on any atom is -0.493 e. The molecule has 20 heavy (non-hydrogen) atoms. The molecular formula is C15H14Cl2NO2+. The molecule has 0 aromatic heterocycles. The Balaban J connectivity index is 2.14. The van der Waals surface area contributed by atoms with E-state index in [9.17, 15) is 0 Å². The second-order valence-corrected chi connectivity index (χ2v) is 5.52. The maximum Gasteiger partial charge on any atom is 0.216 e. The van der Waals surface area contributed by atoms with Gasteiger partial charge in [0, 0.05) is 30.7 Å². The predicted octanol–water partition coefficient (Wildman–Crippen LogP) is 3.41. The van der Waals surface area contributed by atoms with Crippen LogP contribution in [0.4, 0.5) is 0 Å². The summed E-state index contributed by atoms with van der Waals surface area (Å²) in [6, 6.07) is 3.97. The molecule has 0 fully saturated rings. The van der Waals surface area contributed by atoms with Crippen LogP contribution in [0.15, 0.2) is 23.2 Å². The fourth-order valence-corrected chi connectivity index (χ4v) is 3.20. The Morgan fingerprint density at radius 1 is 1.25 bits per heavy atom. The van der Waals surface area contributed by atoms with Crippen molar-refractivity contribution in [3.63, 3.8) is 0 Å². The van der Waals surface area contributed by atoms with Gasteiger partial charge >= 0.3 is 0 Å². The molecule has 1 unspecified atom stereocenters. The van der Waals surface area contributed by atoms with Crippen molar-refractivity contribution in [2.45, 2.75) is 11.9 Å². The molecule has 0 N–H and O–H groups in total. The highest BCUT2D eigenvalue weighted by molar-refractivity contribution is 6.32. The predicted molar refractivity (Wildman–Crippen MR) is 80.2 cm³/mol. The molecule has 104 valence electrons. The van der Waals surface area contributed by atoms with E-state index in [2.05, 4.69) is 11.0 Å². The van der Waals surface area contributed by atoms with Gasteiger partial charge in [0.2, 0.25) is 10.7 Å². The number of ether oxygens (including phenoxy) is 2. The number of allylic oxidation sites excluding steroid dienone is 2. The van der Waals surface area contributed by atoms with Crippen LogP contribution in [0, 0.1) is 6.08 Å². The molecule has 1 atom stereocenters. The molecule has 3 nitrogen and oxygen atoms in total. The van der Waals surface area contributed by atoms with Crippen molar-refractivity contribution in [3.8, 4) is 11.5 Å². The number of hydrogen-bond donors (Lipinski definition) is 0. The van der Waals surface area contributed by atoms with Gasteiger partial charge in [-0.3, -0.25) is 0 Å². The Morgan fingerprint density at radius 2 is 1.95 bits per heavy atom. The lowest BCUT2D eigenvalue weighted by atomic mass is 9.94. The van der Waals surface area contributed by atoms with Gasteiger partial charge in [0.05, 0.1) is 26.4 Å². The van der Waals surface area contributed by atoms with E-state index in [0.717, 1.165) is 30.0 Å². The van der Waals surface area contributed by atoms with Crippen molar-refractivity contribution in [1.82, 2.24) is 4.90 Å². The van der Waals surface area contributed by atoms with Crippen LogP contribution < -0.4 is 9.47 Å². The van der Waals surface area contributed by atoms with Gasteiger partial charge in [-0.2, -0.15) is 0 Å². The van der Waals surface area contributed by atoms with E-state index >= 15 is 0 Å². The van der Waals surface area contributed by atoms with E-state index in [4.69, 9.17) is 32.7 Å². The molecular weight excluding hydrogens is 297 g/mol.